The molecule has 8 heteroatoms. The summed E-state index contributed by atoms with van der Waals surface area (Å²) >= 11 is 1.45. The third kappa shape index (κ3) is 4.26. The first-order valence-corrected chi connectivity index (χ1v) is 8.76. The van der Waals surface area contributed by atoms with Crippen LogP contribution in [0.5, 0.6) is 11.5 Å². The van der Waals surface area contributed by atoms with Gasteiger partial charge in [-0.15, -0.1) is 10.2 Å². The number of rotatable bonds is 7. The van der Waals surface area contributed by atoms with Crippen molar-refractivity contribution in [3.8, 4) is 17.6 Å². The summed E-state index contributed by atoms with van der Waals surface area (Å²) in [7, 11) is 1.60. The lowest BCUT2D eigenvalue weighted by Crippen LogP contribution is -2.15. The fourth-order valence-electron chi connectivity index (χ4n) is 2.22. The van der Waals surface area contributed by atoms with Gasteiger partial charge in [0, 0.05) is 11.8 Å². The van der Waals surface area contributed by atoms with Crippen molar-refractivity contribution in [3.05, 3.63) is 65.5 Å². The zero-order valence-electron chi connectivity index (χ0n) is 14.1. The van der Waals surface area contributed by atoms with Crippen LogP contribution in [0.1, 0.15) is 17.0 Å². The highest BCUT2D eigenvalue weighted by Gasteiger charge is 2.11. The van der Waals surface area contributed by atoms with E-state index in [1.54, 1.807) is 19.2 Å². The van der Waals surface area contributed by atoms with Crippen LogP contribution in [0, 0.1) is 11.3 Å². The van der Waals surface area contributed by atoms with Crippen LogP contribution in [0.4, 0.5) is 0 Å². The molecule has 7 nitrogen and oxygen atoms in total. The lowest BCUT2D eigenvalue weighted by molar-refractivity contribution is 0.289. The zero-order chi connectivity index (χ0) is 18.4. The molecule has 1 aromatic heterocycles. The average molecular weight is 367 g/mol. The van der Waals surface area contributed by atoms with Gasteiger partial charge in [-0.3, -0.25) is 0 Å². The molecule has 2 aromatic carbocycles. The lowest BCUT2D eigenvalue weighted by atomic mass is 10.2. The monoisotopic (exact) mass is 367 g/mol. The van der Waals surface area contributed by atoms with Gasteiger partial charge < -0.3 is 15.3 Å². The third-order valence-corrected chi connectivity index (χ3v) is 4.58. The van der Waals surface area contributed by atoms with E-state index in [0.29, 0.717) is 33.8 Å². The van der Waals surface area contributed by atoms with Crippen molar-refractivity contribution in [3.63, 3.8) is 0 Å². The fourth-order valence-corrected chi connectivity index (χ4v) is 3.04. The number of nitrogen functional groups attached to an aromatic ring is 1. The van der Waals surface area contributed by atoms with E-state index in [-0.39, 0.29) is 6.61 Å². The van der Waals surface area contributed by atoms with Gasteiger partial charge in [0.25, 0.3) is 0 Å². The van der Waals surface area contributed by atoms with E-state index in [9.17, 15) is 0 Å². The first-order valence-electron chi connectivity index (χ1n) is 7.77. The number of hydrogen-bond acceptors (Lipinski definition) is 7. The number of nitriles is 1. The Bertz CT molecular complexity index is 935. The Labute approximate surface area is 155 Å². The molecule has 0 aliphatic carbocycles. The highest BCUT2D eigenvalue weighted by Crippen LogP contribution is 2.22. The molecule has 0 spiro atoms. The number of aromatic nitrogens is 3. The van der Waals surface area contributed by atoms with Gasteiger partial charge in [-0.25, -0.2) is 4.68 Å². The summed E-state index contributed by atoms with van der Waals surface area (Å²) in [5, 5.41) is 17.7. The van der Waals surface area contributed by atoms with E-state index in [1.165, 1.54) is 16.4 Å². The standard InChI is InChI=1S/C18H17N5O2S/c1-24-15-6-3-7-16(9-15)25-11-17-21-22-18(23(17)20)26-12-14-5-2-4-13(8-14)10-19/h2-9H,11-12,20H2,1H3. The van der Waals surface area contributed by atoms with Gasteiger partial charge in [-0.1, -0.05) is 30.0 Å². The van der Waals surface area contributed by atoms with Crippen molar-refractivity contribution >= 4 is 11.8 Å². The van der Waals surface area contributed by atoms with Crippen LogP contribution >= 0.6 is 11.8 Å². The van der Waals surface area contributed by atoms with Gasteiger partial charge in [0.15, 0.2) is 5.82 Å². The topological polar surface area (TPSA) is 99.0 Å². The Morgan fingerprint density at radius 1 is 1.15 bits per heavy atom. The van der Waals surface area contributed by atoms with Crippen LogP contribution in [0.15, 0.2) is 53.7 Å². The quantitative estimate of drug-likeness (QED) is 0.506. The molecule has 0 unspecified atom stereocenters. The second kappa shape index (κ2) is 8.27. The largest absolute Gasteiger partial charge is 0.497 e. The minimum atomic E-state index is 0.196. The van der Waals surface area contributed by atoms with Crippen molar-refractivity contribution in [2.45, 2.75) is 17.5 Å². The van der Waals surface area contributed by atoms with Gasteiger partial charge in [-0.2, -0.15) is 5.26 Å². The average Bonchev–Trinajstić information content (AvgIpc) is 3.04. The first-order chi connectivity index (χ1) is 12.7. The summed E-state index contributed by atoms with van der Waals surface area (Å²) in [5.74, 6) is 8.59. The Morgan fingerprint density at radius 3 is 2.77 bits per heavy atom. The first kappa shape index (κ1) is 17.6. The Balaban J connectivity index is 1.61. The maximum Gasteiger partial charge on any atom is 0.210 e. The molecule has 0 saturated heterocycles. The molecular formula is C18H17N5O2S. The normalized spacial score (nSPS) is 10.3. The van der Waals surface area contributed by atoms with Crippen LogP contribution in [-0.4, -0.2) is 22.0 Å². The molecule has 2 N–H and O–H groups in total. The van der Waals surface area contributed by atoms with Gasteiger partial charge in [0.05, 0.1) is 18.7 Å². The van der Waals surface area contributed by atoms with E-state index < -0.39 is 0 Å². The molecule has 1 heterocycles. The Kier molecular flexibility index (Phi) is 5.61. The Morgan fingerprint density at radius 2 is 1.96 bits per heavy atom. The summed E-state index contributed by atoms with van der Waals surface area (Å²) in [6.07, 6.45) is 0. The molecule has 0 fully saturated rings. The number of thioether (sulfide) groups is 1. The molecule has 0 radical (unpaired) electrons. The summed E-state index contributed by atoms with van der Waals surface area (Å²) in [6, 6.07) is 16.9. The van der Waals surface area contributed by atoms with E-state index in [2.05, 4.69) is 16.3 Å². The molecule has 0 saturated carbocycles. The molecular weight excluding hydrogens is 350 g/mol. The maximum absolute atomic E-state index is 8.96. The van der Waals surface area contributed by atoms with Crippen molar-refractivity contribution in [2.24, 2.45) is 0 Å². The summed E-state index contributed by atoms with van der Waals surface area (Å²) < 4.78 is 12.3. The highest BCUT2D eigenvalue weighted by molar-refractivity contribution is 7.98. The van der Waals surface area contributed by atoms with Crippen LogP contribution in [0.25, 0.3) is 0 Å². The van der Waals surface area contributed by atoms with Gasteiger partial charge >= 0.3 is 0 Å². The van der Waals surface area contributed by atoms with Crippen molar-refractivity contribution < 1.29 is 9.47 Å². The number of methoxy groups -OCH3 is 1. The number of nitrogens with two attached hydrogens (primary N) is 1. The smallest absolute Gasteiger partial charge is 0.210 e. The molecule has 0 aliphatic rings. The molecule has 0 amide bonds. The number of nitrogens with zero attached hydrogens (tertiary/aromatic N) is 4. The zero-order valence-corrected chi connectivity index (χ0v) is 14.9. The summed E-state index contributed by atoms with van der Waals surface area (Å²) in [4.78, 5) is 0. The molecule has 0 atom stereocenters. The maximum atomic E-state index is 8.96. The van der Waals surface area contributed by atoms with Gasteiger partial charge in [-0.05, 0) is 29.8 Å². The van der Waals surface area contributed by atoms with Crippen LogP contribution < -0.4 is 15.3 Å². The van der Waals surface area contributed by atoms with Gasteiger partial charge in [0.1, 0.15) is 18.1 Å². The fraction of sp³-hybridized carbons (Fsp3) is 0.167. The molecule has 132 valence electrons. The van der Waals surface area contributed by atoms with Crippen LogP contribution in [-0.2, 0) is 12.4 Å². The van der Waals surface area contributed by atoms with Crippen molar-refractivity contribution in [1.29, 1.82) is 5.26 Å². The van der Waals surface area contributed by atoms with Crippen molar-refractivity contribution in [1.82, 2.24) is 14.9 Å². The molecule has 3 aromatic rings. The molecule has 0 aliphatic heterocycles. The predicted octanol–water partition coefficient (Wildman–Crippen LogP) is 2.74. The second-order valence-corrected chi connectivity index (χ2v) is 6.28. The van der Waals surface area contributed by atoms with E-state index in [1.807, 2.05) is 36.4 Å². The molecule has 3 rings (SSSR count). The number of ether oxygens (including phenoxy) is 2. The highest BCUT2D eigenvalue weighted by atomic mass is 32.2. The second-order valence-electron chi connectivity index (χ2n) is 5.34. The summed E-state index contributed by atoms with van der Waals surface area (Å²) in [6.45, 7) is 0.196. The molecule has 26 heavy (non-hydrogen) atoms. The van der Waals surface area contributed by atoms with E-state index >= 15 is 0 Å². The van der Waals surface area contributed by atoms with Crippen molar-refractivity contribution in [2.75, 3.05) is 13.0 Å². The number of benzene rings is 2. The SMILES string of the molecule is COc1cccc(OCc2nnc(SCc3cccc(C#N)c3)n2N)c1. The predicted molar refractivity (Wildman–Crippen MR) is 98.2 cm³/mol. The van der Waals surface area contributed by atoms with E-state index in [0.717, 1.165) is 5.56 Å². The minimum absolute atomic E-state index is 0.196. The minimum Gasteiger partial charge on any atom is -0.497 e. The van der Waals surface area contributed by atoms with E-state index in [4.69, 9.17) is 20.6 Å². The van der Waals surface area contributed by atoms with Crippen LogP contribution in [0.2, 0.25) is 0 Å². The third-order valence-electron chi connectivity index (χ3n) is 3.57. The lowest BCUT2D eigenvalue weighted by Gasteiger charge is -2.07. The summed E-state index contributed by atoms with van der Waals surface area (Å²) in [5.41, 5.74) is 1.65. The van der Waals surface area contributed by atoms with Crippen LogP contribution in [0.3, 0.4) is 0 Å². The molecule has 0 bridgehead atoms. The Hall–Kier alpha value is -3.18. The number of hydrogen-bond donors (Lipinski definition) is 1. The van der Waals surface area contributed by atoms with Gasteiger partial charge in [0.2, 0.25) is 5.16 Å².